The molecule has 2 heteroatoms. The summed E-state index contributed by atoms with van der Waals surface area (Å²) in [5, 5.41) is 16.1. The molecule has 0 bridgehead atoms. The molecule has 2 nitrogen and oxygen atoms in total. The summed E-state index contributed by atoms with van der Waals surface area (Å²) >= 11 is 0. The first-order valence-corrected chi connectivity index (χ1v) is 19.6. The fourth-order valence-electron chi connectivity index (χ4n) is 8.84. The first-order valence-electron chi connectivity index (χ1n) is 19.6. The summed E-state index contributed by atoms with van der Waals surface area (Å²) in [6.45, 7) is 4.70. The minimum Gasteiger partial charge on any atom is -0.300 e. The van der Waals surface area contributed by atoms with Crippen LogP contribution >= 0.6 is 0 Å². The van der Waals surface area contributed by atoms with Gasteiger partial charge in [-0.2, -0.15) is 0 Å². The Kier molecular flexibility index (Phi) is 8.34. The summed E-state index contributed by atoms with van der Waals surface area (Å²) in [4.78, 5) is 5.14. The second kappa shape index (κ2) is 13.8. The molecule has 0 atom stereocenters. The maximum atomic E-state index is 8.98. The molecular formula is C55H40N2. The molecule has 0 unspecified atom stereocenters. The maximum absolute atomic E-state index is 8.98. The molecule has 1 N–H and O–H groups in total. The van der Waals surface area contributed by atoms with Crippen LogP contribution in [0.25, 0.3) is 71.4 Å². The van der Waals surface area contributed by atoms with E-state index in [1.165, 1.54) is 60.7 Å². The summed E-state index contributed by atoms with van der Waals surface area (Å²) in [7, 11) is 0. The molecule has 10 rings (SSSR count). The van der Waals surface area contributed by atoms with E-state index in [1.54, 1.807) is 0 Å². The number of aliphatic imine (C=N–C) groups is 1. The predicted octanol–water partition coefficient (Wildman–Crippen LogP) is 14.3. The molecule has 0 fully saturated rings. The van der Waals surface area contributed by atoms with Gasteiger partial charge < -0.3 is 5.41 Å². The van der Waals surface area contributed by atoms with Crippen LogP contribution in [0.2, 0.25) is 0 Å². The Morgan fingerprint density at radius 1 is 0.491 bits per heavy atom. The summed E-state index contributed by atoms with van der Waals surface area (Å²) in [5.41, 5.74) is 14.3. The van der Waals surface area contributed by atoms with Gasteiger partial charge in [0.05, 0.1) is 11.4 Å². The van der Waals surface area contributed by atoms with Crippen LogP contribution in [0.15, 0.2) is 199 Å². The van der Waals surface area contributed by atoms with Crippen molar-refractivity contribution in [2.24, 2.45) is 4.99 Å². The minimum absolute atomic E-state index is 0.0477. The highest BCUT2D eigenvalue weighted by Gasteiger charge is 2.36. The molecule has 270 valence electrons. The molecule has 9 aromatic rings. The Balaban J connectivity index is 1.01. The lowest BCUT2D eigenvalue weighted by molar-refractivity contribution is 0.661. The summed E-state index contributed by atoms with van der Waals surface area (Å²) in [6, 6.07) is 66.8. The Bertz CT molecular complexity index is 3090. The third-order valence-electron chi connectivity index (χ3n) is 11.8. The lowest BCUT2D eigenvalue weighted by Gasteiger charge is -2.21. The first kappa shape index (κ1) is 34.3. The van der Waals surface area contributed by atoms with Crippen molar-refractivity contribution in [3.63, 3.8) is 0 Å². The summed E-state index contributed by atoms with van der Waals surface area (Å²) in [6.07, 6.45) is 3.84. The molecule has 0 aliphatic heterocycles. The van der Waals surface area contributed by atoms with Crippen molar-refractivity contribution in [2.75, 3.05) is 0 Å². The quantitative estimate of drug-likeness (QED) is 0.159. The SMILES string of the molecule is CC1(C)c2ccc(-c3ccc(-c4ccc(C=N/C(=C\C(=N)c5ccccc5)c5cccc6ccccc56)c5ccccc45)cc3)cc2-c2c1ccc1ccccc21. The lowest BCUT2D eigenvalue weighted by atomic mass is 9.82. The molecule has 0 radical (unpaired) electrons. The summed E-state index contributed by atoms with van der Waals surface area (Å²) in [5.74, 6) is 0. The van der Waals surface area contributed by atoms with Gasteiger partial charge in [0.2, 0.25) is 0 Å². The van der Waals surface area contributed by atoms with Crippen LogP contribution in [0.1, 0.15) is 41.7 Å². The smallest absolute Gasteiger partial charge is 0.0729 e. The number of fused-ring (bicyclic) bond motifs is 7. The van der Waals surface area contributed by atoms with Crippen LogP contribution in [0, 0.1) is 5.41 Å². The average molecular weight is 729 g/mol. The molecule has 0 heterocycles. The number of benzene rings is 9. The van der Waals surface area contributed by atoms with Crippen LogP contribution in [0.3, 0.4) is 0 Å². The van der Waals surface area contributed by atoms with Gasteiger partial charge in [0, 0.05) is 22.8 Å². The standard InChI is InChI=1S/C55H40N2/c1-55(2)50-31-29-41(33-49(50)54-46-20-9-7-14-38(46)28-32-51(54)55)36-23-25-39(26-24-36)45-30-27-42(44-19-10-11-21-47(44)45)35-57-53(34-52(56)40-15-4-3-5-16-40)48-22-12-17-37-13-6-8-18-43(37)48/h3-35,56H,1-2H3/b53-34-,56-52?,57-35?. The van der Waals surface area contributed by atoms with Crippen molar-refractivity contribution in [3.8, 4) is 33.4 Å². The van der Waals surface area contributed by atoms with E-state index in [1.807, 2.05) is 42.6 Å². The third kappa shape index (κ3) is 5.98. The highest BCUT2D eigenvalue weighted by Crippen LogP contribution is 2.52. The van der Waals surface area contributed by atoms with Gasteiger partial charge in [-0.15, -0.1) is 0 Å². The van der Waals surface area contributed by atoms with Gasteiger partial charge in [-0.1, -0.05) is 196 Å². The van der Waals surface area contributed by atoms with Crippen LogP contribution in [-0.4, -0.2) is 11.9 Å². The molecule has 0 saturated carbocycles. The van der Waals surface area contributed by atoms with E-state index in [4.69, 9.17) is 10.4 Å². The van der Waals surface area contributed by atoms with Gasteiger partial charge in [-0.05, 0) is 94.5 Å². The van der Waals surface area contributed by atoms with Crippen LogP contribution < -0.4 is 0 Å². The number of nitrogens with zero attached hydrogens (tertiary/aromatic N) is 1. The average Bonchev–Trinajstić information content (AvgIpc) is 3.50. The highest BCUT2D eigenvalue weighted by atomic mass is 14.7. The van der Waals surface area contributed by atoms with Crippen molar-refractivity contribution in [2.45, 2.75) is 19.3 Å². The Morgan fingerprint density at radius 3 is 1.89 bits per heavy atom. The van der Waals surface area contributed by atoms with E-state index in [2.05, 4.69) is 172 Å². The fourth-order valence-corrected chi connectivity index (χ4v) is 8.84. The molecule has 1 aliphatic rings. The molecular weight excluding hydrogens is 689 g/mol. The molecule has 57 heavy (non-hydrogen) atoms. The minimum atomic E-state index is -0.0477. The van der Waals surface area contributed by atoms with Gasteiger partial charge >= 0.3 is 0 Å². The zero-order valence-corrected chi connectivity index (χ0v) is 32.0. The maximum Gasteiger partial charge on any atom is 0.0729 e. The van der Waals surface area contributed by atoms with Crippen molar-refractivity contribution in [1.29, 1.82) is 5.41 Å². The van der Waals surface area contributed by atoms with E-state index in [0.29, 0.717) is 5.71 Å². The fraction of sp³-hybridized carbons (Fsp3) is 0.0545. The first-order chi connectivity index (χ1) is 27.9. The summed E-state index contributed by atoms with van der Waals surface area (Å²) < 4.78 is 0. The monoisotopic (exact) mass is 728 g/mol. The van der Waals surface area contributed by atoms with Crippen LogP contribution in [0.4, 0.5) is 0 Å². The lowest BCUT2D eigenvalue weighted by Crippen LogP contribution is -2.14. The largest absolute Gasteiger partial charge is 0.300 e. The highest BCUT2D eigenvalue weighted by molar-refractivity contribution is 6.13. The topological polar surface area (TPSA) is 36.2 Å². The normalized spacial score (nSPS) is 13.3. The second-order valence-electron chi connectivity index (χ2n) is 15.5. The molecule has 1 aliphatic carbocycles. The van der Waals surface area contributed by atoms with Crippen molar-refractivity contribution in [1.82, 2.24) is 0 Å². The predicted molar refractivity (Wildman–Crippen MR) is 243 cm³/mol. The van der Waals surface area contributed by atoms with Gasteiger partial charge in [0.1, 0.15) is 0 Å². The Hall–Kier alpha value is -7.16. The molecule has 9 aromatic carbocycles. The molecule has 0 saturated heterocycles. The van der Waals surface area contributed by atoms with Crippen molar-refractivity contribution >= 4 is 49.9 Å². The van der Waals surface area contributed by atoms with E-state index >= 15 is 0 Å². The third-order valence-corrected chi connectivity index (χ3v) is 11.8. The van der Waals surface area contributed by atoms with Crippen LogP contribution in [0.5, 0.6) is 0 Å². The molecule has 0 aromatic heterocycles. The number of nitrogens with one attached hydrogen (secondary N) is 1. The molecule has 0 spiro atoms. The number of rotatable bonds is 7. The van der Waals surface area contributed by atoms with E-state index in [0.717, 1.165) is 38.5 Å². The van der Waals surface area contributed by atoms with Crippen LogP contribution in [-0.2, 0) is 5.41 Å². The zero-order chi connectivity index (χ0) is 38.5. The van der Waals surface area contributed by atoms with Gasteiger partial charge in [0.15, 0.2) is 0 Å². The van der Waals surface area contributed by atoms with E-state index in [-0.39, 0.29) is 5.41 Å². The Morgan fingerprint density at radius 2 is 1.11 bits per heavy atom. The van der Waals surface area contributed by atoms with Crippen molar-refractivity contribution in [3.05, 3.63) is 222 Å². The van der Waals surface area contributed by atoms with Gasteiger partial charge in [-0.3, -0.25) is 4.99 Å². The number of hydrogen-bond donors (Lipinski definition) is 1. The van der Waals surface area contributed by atoms with E-state index in [9.17, 15) is 0 Å². The van der Waals surface area contributed by atoms with Gasteiger partial charge in [-0.25, -0.2) is 0 Å². The van der Waals surface area contributed by atoms with E-state index < -0.39 is 0 Å². The number of hydrogen-bond acceptors (Lipinski definition) is 2. The molecule has 0 amide bonds. The second-order valence-corrected chi connectivity index (χ2v) is 15.5. The number of allylic oxidation sites excluding steroid dienone is 1. The zero-order valence-electron chi connectivity index (χ0n) is 32.0. The van der Waals surface area contributed by atoms with Gasteiger partial charge in [0.25, 0.3) is 0 Å². The van der Waals surface area contributed by atoms with Crippen molar-refractivity contribution < 1.29 is 0 Å². The Labute approximate surface area is 333 Å².